The van der Waals surface area contributed by atoms with E-state index >= 15 is 0 Å². The van der Waals surface area contributed by atoms with E-state index in [-0.39, 0.29) is 5.56 Å². The highest BCUT2D eigenvalue weighted by Gasteiger charge is 2.28. The van der Waals surface area contributed by atoms with E-state index in [1.165, 1.54) is 0 Å². The molecule has 0 unspecified atom stereocenters. The first-order valence-electron chi connectivity index (χ1n) is 8.14. The van der Waals surface area contributed by atoms with E-state index in [0.717, 1.165) is 53.4 Å². The lowest BCUT2D eigenvalue weighted by Crippen LogP contribution is -2.36. The van der Waals surface area contributed by atoms with E-state index in [2.05, 4.69) is 0 Å². The summed E-state index contributed by atoms with van der Waals surface area (Å²) in [6.07, 6.45) is 1.61. The average Bonchev–Trinajstić information content (AvgIpc) is 2.60. The van der Waals surface area contributed by atoms with E-state index in [9.17, 15) is 25.0 Å². The zero-order chi connectivity index (χ0) is 19.0. The molecular formula is C18H17N3O5. The Morgan fingerprint density at radius 2 is 1.62 bits per heavy atom. The molecule has 0 N–H and O–H groups in total. The summed E-state index contributed by atoms with van der Waals surface area (Å²) in [4.78, 5) is 35.2. The van der Waals surface area contributed by atoms with Crippen molar-refractivity contribution in [3.8, 4) is 0 Å². The van der Waals surface area contributed by atoms with Crippen molar-refractivity contribution < 1.29 is 14.6 Å². The van der Waals surface area contributed by atoms with E-state index in [1.807, 2.05) is 26.0 Å². The first kappa shape index (κ1) is 17.5. The van der Waals surface area contributed by atoms with Crippen LogP contribution in [0.25, 0.3) is 0 Å². The molecule has 1 aliphatic heterocycles. The van der Waals surface area contributed by atoms with Gasteiger partial charge in [0.25, 0.3) is 17.3 Å². The van der Waals surface area contributed by atoms with Gasteiger partial charge in [-0.3, -0.25) is 25.0 Å². The SMILES string of the molecule is Cc1cc(C)c2c(c1)N(C(=O)c1cc([N+](=O)[O-])cc([N+](=O)[O-])c1)CCC2. The number of nitro benzene ring substituents is 2. The third kappa shape index (κ3) is 3.13. The predicted octanol–water partition coefficient (Wildman–Crippen LogP) is 3.71. The molecule has 1 heterocycles. The highest BCUT2D eigenvalue weighted by atomic mass is 16.6. The van der Waals surface area contributed by atoms with Gasteiger partial charge in [0.05, 0.1) is 21.5 Å². The standard InChI is InChI=1S/C18H17N3O5/c1-11-6-12(2)16-4-3-5-19(17(16)7-11)18(22)13-8-14(20(23)24)10-15(9-13)21(25)26/h6-10H,3-5H2,1-2H3. The zero-order valence-electron chi connectivity index (χ0n) is 14.4. The number of carbonyl (C=O) groups excluding carboxylic acids is 1. The molecule has 0 spiro atoms. The molecule has 0 radical (unpaired) electrons. The van der Waals surface area contributed by atoms with Crippen LogP contribution < -0.4 is 4.90 Å². The number of hydrogen-bond donors (Lipinski definition) is 0. The monoisotopic (exact) mass is 355 g/mol. The van der Waals surface area contributed by atoms with E-state index < -0.39 is 27.1 Å². The molecule has 8 nitrogen and oxygen atoms in total. The molecule has 0 saturated carbocycles. The summed E-state index contributed by atoms with van der Waals surface area (Å²) < 4.78 is 0. The molecule has 0 atom stereocenters. The molecule has 8 heteroatoms. The van der Waals surface area contributed by atoms with Crippen molar-refractivity contribution in [2.45, 2.75) is 26.7 Å². The minimum atomic E-state index is -0.734. The topological polar surface area (TPSA) is 107 Å². The lowest BCUT2D eigenvalue weighted by Gasteiger charge is -2.31. The molecule has 1 amide bonds. The number of fused-ring (bicyclic) bond motifs is 1. The zero-order valence-corrected chi connectivity index (χ0v) is 14.4. The van der Waals surface area contributed by atoms with Crippen LogP contribution in [0.4, 0.5) is 17.1 Å². The van der Waals surface area contributed by atoms with Crippen LogP contribution in [0.2, 0.25) is 0 Å². The molecular weight excluding hydrogens is 338 g/mol. The van der Waals surface area contributed by atoms with Crippen LogP contribution in [0.15, 0.2) is 30.3 Å². The summed E-state index contributed by atoms with van der Waals surface area (Å²) in [5, 5.41) is 22.1. The molecule has 2 aromatic carbocycles. The van der Waals surface area contributed by atoms with Gasteiger partial charge in [-0.15, -0.1) is 0 Å². The molecule has 134 valence electrons. The Morgan fingerprint density at radius 1 is 1.00 bits per heavy atom. The van der Waals surface area contributed by atoms with E-state index in [4.69, 9.17) is 0 Å². The molecule has 2 aromatic rings. The molecule has 0 aliphatic carbocycles. The number of non-ortho nitro benzene ring substituents is 2. The van der Waals surface area contributed by atoms with Crippen LogP contribution in [-0.4, -0.2) is 22.3 Å². The third-order valence-corrected chi connectivity index (χ3v) is 4.51. The van der Waals surface area contributed by atoms with E-state index in [0.29, 0.717) is 6.54 Å². The largest absolute Gasteiger partial charge is 0.308 e. The highest BCUT2D eigenvalue weighted by Crippen LogP contribution is 2.33. The summed E-state index contributed by atoms with van der Waals surface area (Å²) in [5.74, 6) is -0.470. The predicted molar refractivity (Wildman–Crippen MR) is 95.7 cm³/mol. The average molecular weight is 355 g/mol. The first-order valence-corrected chi connectivity index (χ1v) is 8.14. The number of amides is 1. The summed E-state index contributed by atoms with van der Waals surface area (Å²) >= 11 is 0. The van der Waals surface area contributed by atoms with Crippen molar-refractivity contribution in [1.29, 1.82) is 0 Å². The van der Waals surface area contributed by atoms with Crippen molar-refractivity contribution in [3.63, 3.8) is 0 Å². The van der Waals surface area contributed by atoms with Gasteiger partial charge in [0.1, 0.15) is 0 Å². The van der Waals surface area contributed by atoms with Gasteiger partial charge < -0.3 is 4.90 Å². The van der Waals surface area contributed by atoms with Crippen LogP contribution >= 0.6 is 0 Å². The van der Waals surface area contributed by atoms with Gasteiger partial charge in [-0.1, -0.05) is 6.07 Å². The first-order chi connectivity index (χ1) is 12.3. The van der Waals surface area contributed by atoms with Gasteiger partial charge in [-0.25, -0.2) is 0 Å². The number of benzene rings is 2. The van der Waals surface area contributed by atoms with Gasteiger partial charge in [-0.2, -0.15) is 0 Å². The smallest absolute Gasteiger partial charge is 0.277 e. The lowest BCUT2D eigenvalue weighted by molar-refractivity contribution is -0.394. The molecule has 0 bridgehead atoms. The quantitative estimate of drug-likeness (QED) is 0.616. The molecule has 26 heavy (non-hydrogen) atoms. The van der Waals surface area contributed by atoms with Gasteiger partial charge >= 0.3 is 0 Å². The summed E-state index contributed by atoms with van der Waals surface area (Å²) in [6, 6.07) is 6.99. The summed E-state index contributed by atoms with van der Waals surface area (Å²) in [5.41, 5.74) is 2.93. The van der Waals surface area contributed by atoms with Crippen LogP contribution in [0.1, 0.15) is 33.5 Å². The fraction of sp³-hybridized carbons (Fsp3) is 0.278. The Balaban J connectivity index is 2.09. The van der Waals surface area contributed by atoms with Gasteiger partial charge in [0.2, 0.25) is 0 Å². The van der Waals surface area contributed by atoms with Crippen molar-refractivity contribution in [3.05, 3.63) is 72.8 Å². The lowest BCUT2D eigenvalue weighted by atomic mass is 9.94. The number of anilines is 1. The number of hydrogen-bond acceptors (Lipinski definition) is 5. The maximum atomic E-state index is 13.0. The number of aryl methyl sites for hydroxylation is 2. The van der Waals surface area contributed by atoms with Crippen molar-refractivity contribution >= 4 is 23.0 Å². The second-order valence-electron chi connectivity index (χ2n) is 6.39. The molecule has 0 fully saturated rings. The number of nitrogens with zero attached hydrogens (tertiary/aromatic N) is 3. The Morgan fingerprint density at radius 3 is 2.19 bits per heavy atom. The Labute approximate surface area is 149 Å². The normalized spacial score (nSPS) is 13.2. The maximum Gasteiger partial charge on any atom is 0.277 e. The molecule has 3 rings (SSSR count). The Bertz CT molecular complexity index is 906. The van der Waals surface area contributed by atoms with Crippen molar-refractivity contribution in [1.82, 2.24) is 0 Å². The number of carbonyl (C=O) groups is 1. The summed E-state index contributed by atoms with van der Waals surface area (Å²) in [6.45, 7) is 4.38. The molecule has 1 aliphatic rings. The van der Waals surface area contributed by atoms with Crippen molar-refractivity contribution in [2.24, 2.45) is 0 Å². The minimum Gasteiger partial charge on any atom is -0.308 e. The fourth-order valence-corrected chi connectivity index (χ4v) is 3.37. The fourth-order valence-electron chi connectivity index (χ4n) is 3.37. The maximum absolute atomic E-state index is 13.0. The van der Waals surface area contributed by atoms with Crippen LogP contribution in [0, 0.1) is 34.1 Å². The van der Waals surface area contributed by atoms with Crippen molar-refractivity contribution in [2.75, 3.05) is 11.4 Å². The molecule has 0 aromatic heterocycles. The van der Waals surface area contributed by atoms with Gasteiger partial charge in [0.15, 0.2) is 0 Å². The Kier molecular flexibility index (Phi) is 4.41. The second kappa shape index (κ2) is 6.55. The van der Waals surface area contributed by atoms with Gasteiger partial charge in [0, 0.05) is 24.4 Å². The van der Waals surface area contributed by atoms with E-state index in [1.54, 1.807) is 4.90 Å². The number of rotatable bonds is 3. The second-order valence-corrected chi connectivity index (χ2v) is 6.39. The van der Waals surface area contributed by atoms with Crippen LogP contribution in [0.5, 0.6) is 0 Å². The Hall–Kier alpha value is -3.29. The molecule has 0 saturated heterocycles. The van der Waals surface area contributed by atoms with Crippen LogP contribution in [0.3, 0.4) is 0 Å². The van der Waals surface area contributed by atoms with Gasteiger partial charge in [-0.05, 0) is 49.4 Å². The minimum absolute atomic E-state index is 0.0575. The number of nitro groups is 2. The third-order valence-electron chi connectivity index (χ3n) is 4.51. The highest BCUT2D eigenvalue weighted by molar-refractivity contribution is 6.07. The van der Waals surface area contributed by atoms with Crippen LogP contribution in [-0.2, 0) is 6.42 Å². The summed E-state index contributed by atoms with van der Waals surface area (Å²) in [7, 11) is 0.